The first kappa shape index (κ1) is 19.6. The van der Waals surface area contributed by atoms with E-state index in [1.807, 2.05) is 12.1 Å². The average Bonchev–Trinajstić information content (AvgIpc) is 3.25. The lowest BCUT2D eigenvalue weighted by Crippen LogP contribution is -2.11. The molecule has 2 aromatic rings. The van der Waals surface area contributed by atoms with Gasteiger partial charge >= 0.3 is 5.97 Å². The van der Waals surface area contributed by atoms with E-state index in [0.717, 1.165) is 17.4 Å². The fourth-order valence-corrected chi connectivity index (χ4v) is 3.53. The number of fused-ring (bicyclic) bond motifs is 1. The Hall–Kier alpha value is -3.12. The molecule has 0 fully saturated rings. The smallest absolute Gasteiger partial charge is 0.335 e. The average molecular weight is 395 g/mol. The first-order chi connectivity index (χ1) is 13.3. The van der Waals surface area contributed by atoms with Crippen molar-refractivity contribution >= 4 is 21.7 Å². The number of carboxylic acids is 1. The van der Waals surface area contributed by atoms with Gasteiger partial charge in [0.2, 0.25) is 10.0 Å². The number of hydrogen-bond acceptors (Lipinski definition) is 3. The molecule has 0 unspecified atom stereocenters. The maximum Gasteiger partial charge on any atom is 0.335 e. The number of hydrogen-bond donors (Lipinski definition) is 2. The third-order valence-electron chi connectivity index (χ3n) is 4.34. The van der Waals surface area contributed by atoms with Crippen LogP contribution in [0.5, 0.6) is 0 Å². The summed E-state index contributed by atoms with van der Waals surface area (Å²) in [6.07, 6.45) is 2.16. The Morgan fingerprint density at radius 2 is 1.43 bits per heavy atom. The molecule has 0 radical (unpaired) electrons. The van der Waals surface area contributed by atoms with Crippen molar-refractivity contribution in [3.05, 3.63) is 89.5 Å². The van der Waals surface area contributed by atoms with E-state index < -0.39 is 16.0 Å². The predicted octanol–water partition coefficient (Wildman–Crippen LogP) is 4.21. The zero-order valence-corrected chi connectivity index (χ0v) is 16.2. The Morgan fingerprint density at radius 3 is 1.96 bits per heavy atom. The van der Waals surface area contributed by atoms with Crippen LogP contribution in [0.25, 0.3) is 11.1 Å². The highest BCUT2D eigenvalue weighted by Gasteiger charge is 2.11. The lowest BCUT2D eigenvalue weighted by atomic mass is 9.99. The molecule has 0 saturated carbocycles. The number of sulfonamides is 1. The van der Waals surface area contributed by atoms with Crippen LogP contribution >= 0.6 is 0 Å². The summed E-state index contributed by atoms with van der Waals surface area (Å²) in [4.78, 5) is 11.2. The standard InChI is InChI=1S/C16H17NO4S.C6H4/c1-22(20,21)17-15-9-5-3-7-13(15)11-10-12-6-2-4-8-14(12)16(18)19;1-2-5-4-6(5)3-1/h2-9,17H,10-11H2,1H3,(H,18,19);1-4H. The van der Waals surface area contributed by atoms with E-state index >= 15 is 0 Å². The summed E-state index contributed by atoms with van der Waals surface area (Å²) in [5.41, 5.74) is 5.20. The van der Waals surface area contributed by atoms with E-state index in [1.54, 1.807) is 36.4 Å². The number of rotatable bonds is 6. The monoisotopic (exact) mass is 395 g/mol. The largest absolute Gasteiger partial charge is 0.478 e. The summed E-state index contributed by atoms with van der Waals surface area (Å²) in [6, 6.07) is 22.4. The second-order valence-corrected chi connectivity index (χ2v) is 8.32. The quantitative estimate of drug-likeness (QED) is 0.512. The van der Waals surface area contributed by atoms with Crippen LogP contribution in [0.3, 0.4) is 0 Å². The van der Waals surface area contributed by atoms with E-state index in [0.29, 0.717) is 18.5 Å². The molecule has 0 saturated heterocycles. The molecular weight excluding hydrogens is 374 g/mol. The second kappa shape index (κ2) is 8.27. The van der Waals surface area contributed by atoms with E-state index in [9.17, 15) is 18.3 Å². The number of carbonyl (C=O) groups is 1. The highest BCUT2D eigenvalue weighted by molar-refractivity contribution is 7.92. The van der Waals surface area contributed by atoms with Gasteiger partial charge in [-0.25, -0.2) is 13.2 Å². The van der Waals surface area contributed by atoms with Crippen LogP contribution in [-0.2, 0) is 22.9 Å². The minimum atomic E-state index is -3.35. The van der Waals surface area contributed by atoms with Crippen molar-refractivity contribution in [2.24, 2.45) is 0 Å². The number of aromatic carboxylic acids is 1. The van der Waals surface area contributed by atoms with Gasteiger partial charge in [0, 0.05) is 0 Å². The number of aryl methyl sites for hydroxylation is 2. The fourth-order valence-electron chi connectivity index (χ4n) is 2.93. The van der Waals surface area contributed by atoms with Crippen molar-refractivity contribution in [2.75, 3.05) is 11.0 Å². The minimum Gasteiger partial charge on any atom is -0.478 e. The molecule has 2 aliphatic carbocycles. The van der Waals surface area contributed by atoms with Crippen LogP contribution in [0, 0.1) is 0 Å². The molecule has 28 heavy (non-hydrogen) atoms. The molecule has 2 N–H and O–H groups in total. The van der Waals surface area contributed by atoms with Gasteiger partial charge in [-0.1, -0.05) is 54.6 Å². The van der Waals surface area contributed by atoms with Crippen LogP contribution in [0.4, 0.5) is 5.69 Å². The molecule has 5 nitrogen and oxygen atoms in total. The maximum atomic E-state index is 11.4. The number of carboxylic acid groups (broad SMARTS) is 1. The second-order valence-electron chi connectivity index (χ2n) is 6.57. The van der Waals surface area contributed by atoms with Gasteiger partial charge in [-0.3, -0.25) is 4.72 Å². The first-order valence-electron chi connectivity index (χ1n) is 8.81. The van der Waals surface area contributed by atoms with Crippen LogP contribution in [0.15, 0.2) is 72.8 Å². The molecule has 0 atom stereocenters. The summed E-state index contributed by atoms with van der Waals surface area (Å²) in [7, 11) is -3.35. The molecule has 0 heterocycles. The molecule has 2 aliphatic rings. The van der Waals surface area contributed by atoms with E-state index in [2.05, 4.69) is 29.0 Å². The predicted molar refractivity (Wildman–Crippen MR) is 111 cm³/mol. The molecule has 144 valence electrons. The molecular formula is C22H21NO4S. The van der Waals surface area contributed by atoms with Crippen LogP contribution in [0.2, 0.25) is 0 Å². The fraction of sp³-hybridized carbons (Fsp3) is 0.136. The Balaban J connectivity index is 0.000000311. The first-order valence-corrected chi connectivity index (χ1v) is 10.7. The van der Waals surface area contributed by atoms with Crippen molar-refractivity contribution in [3.8, 4) is 11.1 Å². The van der Waals surface area contributed by atoms with E-state index in [1.165, 1.54) is 11.1 Å². The van der Waals surface area contributed by atoms with E-state index in [4.69, 9.17) is 0 Å². The summed E-state index contributed by atoms with van der Waals surface area (Å²) in [5, 5.41) is 9.18. The maximum absolute atomic E-state index is 11.4. The Kier molecular flexibility index (Phi) is 5.80. The Morgan fingerprint density at radius 1 is 0.857 bits per heavy atom. The molecule has 0 spiro atoms. The lowest BCUT2D eigenvalue weighted by Gasteiger charge is -2.11. The number of benzene rings is 3. The van der Waals surface area contributed by atoms with E-state index in [-0.39, 0.29) is 5.56 Å². The zero-order chi connectivity index (χ0) is 20.1. The van der Waals surface area contributed by atoms with Gasteiger partial charge in [-0.2, -0.15) is 0 Å². The highest BCUT2D eigenvalue weighted by Crippen LogP contribution is 2.32. The van der Waals surface area contributed by atoms with Crippen LogP contribution in [-0.4, -0.2) is 25.7 Å². The van der Waals surface area contributed by atoms with Crippen molar-refractivity contribution in [2.45, 2.75) is 12.8 Å². The SMILES string of the molecule is CS(=O)(=O)Nc1ccccc1CCc1ccccc1C(=O)O.c1cc2cc-2c1. The van der Waals surface area contributed by atoms with Crippen molar-refractivity contribution in [1.29, 1.82) is 0 Å². The number of anilines is 1. The Bertz CT molecular complexity index is 1090. The van der Waals surface area contributed by atoms with Crippen molar-refractivity contribution < 1.29 is 18.3 Å². The molecule has 0 aromatic heterocycles. The highest BCUT2D eigenvalue weighted by atomic mass is 32.2. The molecule has 2 aromatic carbocycles. The third kappa shape index (κ3) is 5.44. The van der Waals surface area contributed by atoms with Crippen LogP contribution in [0.1, 0.15) is 21.5 Å². The molecule has 0 amide bonds. The zero-order valence-electron chi connectivity index (χ0n) is 15.4. The topological polar surface area (TPSA) is 83.5 Å². The Labute approximate surface area is 164 Å². The summed E-state index contributed by atoms with van der Waals surface area (Å²) in [6.45, 7) is 0. The van der Waals surface area contributed by atoms with Gasteiger partial charge in [0.05, 0.1) is 17.5 Å². The molecule has 4 rings (SSSR count). The van der Waals surface area contributed by atoms with Gasteiger partial charge in [-0.05, 0) is 53.3 Å². The summed E-state index contributed by atoms with van der Waals surface area (Å²) < 4.78 is 25.2. The minimum absolute atomic E-state index is 0.274. The molecule has 0 bridgehead atoms. The van der Waals surface area contributed by atoms with Crippen molar-refractivity contribution in [3.63, 3.8) is 0 Å². The van der Waals surface area contributed by atoms with Crippen LogP contribution < -0.4 is 4.72 Å². The van der Waals surface area contributed by atoms with Gasteiger partial charge in [-0.15, -0.1) is 0 Å². The summed E-state index contributed by atoms with van der Waals surface area (Å²) >= 11 is 0. The molecule has 6 heteroatoms. The lowest BCUT2D eigenvalue weighted by molar-refractivity contribution is 0.0695. The number of nitrogens with one attached hydrogen (secondary N) is 1. The van der Waals surface area contributed by atoms with Gasteiger partial charge in [0.15, 0.2) is 0 Å². The van der Waals surface area contributed by atoms with Gasteiger partial charge in [0.25, 0.3) is 0 Å². The number of para-hydroxylation sites is 1. The van der Waals surface area contributed by atoms with Gasteiger partial charge < -0.3 is 5.11 Å². The summed E-state index contributed by atoms with van der Waals surface area (Å²) in [5.74, 6) is -0.960. The molecule has 0 aliphatic heterocycles. The van der Waals surface area contributed by atoms with Crippen molar-refractivity contribution in [1.82, 2.24) is 0 Å². The van der Waals surface area contributed by atoms with Gasteiger partial charge in [0.1, 0.15) is 0 Å². The third-order valence-corrected chi connectivity index (χ3v) is 4.93. The normalized spacial score (nSPS) is 11.2.